The first-order chi connectivity index (χ1) is 8.22. The van der Waals surface area contributed by atoms with Crippen LogP contribution >= 0.6 is 43.2 Å². The first kappa shape index (κ1) is 13.3. The second-order valence-corrected chi connectivity index (χ2v) is 6.42. The third kappa shape index (κ3) is 3.19. The van der Waals surface area contributed by atoms with Gasteiger partial charge in [0.15, 0.2) is 0 Å². The van der Waals surface area contributed by atoms with Gasteiger partial charge in [-0.25, -0.2) is 0 Å². The highest BCUT2D eigenvalue weighted by Gasteiger charge is 2.16. The Morgan fingerprint density at radius 3 is 2.76 bits per heavy atom. The Morgan fingerprint density at radius 2 is 2.12 bits per heavy atom. The van der Waals surface area contributed by atoms with Gasteiger partial charge in [0, 0.05) is 13.8 Å². The van der Waals surface area contributed by atoms with Gasteiger partial charge in [0.05, 0.1) is 6.04 Å². The van der Waals surface area contributed by atoms with Gasteiger partial charge in [0.1, 0.15) is 0 Å². The molecule has 0 spiro atoms. The van der Waals surface area contributed by atoms with Crippen molar-refractivity contribution in [1.82, 2.24) is 5.32 Å². The van der Waals surface area contributed by atoms with Crippen LogP contribution in [0.1, 0.15) is 23.4 Å². The van der Waals surface area contributed by atoms with E-state index in [0.717, 1.165) is 15.5 Å². The van der Waals surface area contributed by atoms with Gasteiger partial charge in [-0.05, 0) is 41.8 Å². The van der Waals surface area contributed by atoms with E-state index < -0.39 is 0 Å². The molecule has 4 heteroatoms. The van der Waals surface area contributed by atoms with Crippen molar-refractivity contribution in [3.63, 3.8) is 0 Å². The van der Waals surface area contributed by atoms with Gasteiger partial charge in [0.2, 0.25) is 0 Å². The summed E-state index contributed by atoms with van der Waals surface area (Å²) in [6.07, 6.45) is 0. The average molecular weight is 375 g/mol. The molecule has 1 atom stereocenters. The predicted octanol–water partition coefficient (Wildman–Crippen LogP) is 4.97. The van der Waals surface area contributed by atoms with Gasteiger partial charge < -0.3 is 5.32 Å². The smallest absolute Gasteiger partial charge is 0.0682 e. The number of halogens is 2. The lowest BCUT2D eigenvalue weighted by Crippen LogP contribution is -2.21. The molecule has 0 amide bonds. The highest BCUT2D eigenvalue weighted by Crippen LogP contribution is 2.32. The lowest BCUT2D eigenvalue weighted by molar-refractivity contribution is 0.637. The van der Waals surface area contributed by atoms with E-state index in [1.165, 1.54) is 10.4 Å². The quantitative estimate of drug-likeness (QED) is 0.796. The van der Waals surface area contributed by atoms with Crippen molar-refractivity contribution in [1.29, 1.82) is 0 Å². The predicted molar refractivity (Wildman–Crippen MR) is 81.7 cm³/mol. The Kier molecular flexibility index (Phi) is 4.79. The first-order valence-electron chi connectivity index (χ1n) is 5.44. The lowest BCUT2D eigenvalue weighted by Gasteiger charge is -2.18. The van der Waals surface area contributed by atoms with Gasteiger partial charge in [-0.3, -0.25) is 0 Å². The second-order valence-electron chi connectivity index (χ2n) is 3.67. The second kappa shape index (κ2) is 6.14. The summed E-state index contributed by atoms with van der Waals surface area (Å²) in [7, 11) is 0. The Bertz CT molecular complexity index is 482. The molecule has 2 rings (SSSR count). The van der Waals surface area contributed by atoms with E-state index in [0.29, 0.717) is 0 Å². The normalized spacial score (nSPS) is 12.6. The molecule has 1 unspecified atom stereocenters. The summed E-state index contributed by atoms with van der Waals surface area (Å²) < 4.78 is 2.25. The first-order valence-corrected chi connectivity index (χ1v) is 7.90. The molecule has 1 aromatic carbocycles. The third-order valence-electron chi connectivity index (χ3n) is 2.50. The highest BCUT2D eigenvalue weighted by molar-refractivity contribution is 9.11. The molecule has 0 saturated heterocycles. The van der Waals surface area contributed by atoms with Crippen molar-refractivity contribution < 1.29 is 0 Å². The Labute approximate surface area is 123 Å². The molecule has 0 fully saturated rings. The molecule has 0 aliphatic carbocycles. The summed E-state index contributed by atoms with van der Waals surface area (Å²) in [6, 6.07) is 10.8. The van der Waals surface area contributed by atoms with Crippen molar-refractivity contribution in [2.24, 2.45) is 0 Å². The van der Waals surface area contributed by atoms with Crippen molar-refractivity contribution in [2.75, 3.05) is 6.54 Å². The molecular formula is C13H13Br2NS. The fourth-order valence-corrected chi connectivity index (χ4v) is 3.43. The minimum Gasteiger partial charge on any atom is -0.306 e. The van der Waals surface area contributed by atoms with Crippen LogP contribution in [-0.4, -0.2) is 6.54 Å². The molecule has 90 valence electrons. The minimum absolute atomic E-state index is 0.256. The van der Waals surface area contributed by atoms with E-state index in [4.69, 9.17) is 0 Å². The highest BCUT2D eigenvalue weighted by atomic mass is 79.9. The summed E-state index contributed by atoms with van der Waals surface area (Å²) >= 11 is 8.95. The lowest BCUT2D eigenvalue weighted by atomic mass is 10.1. The number of benzene rings is 1. The van der Waals surface area contributed by atoms with Gasteiger partial charge in [-0.2, -0.15) is 0 Å². The number of thiophene rings is 1. The zero-order chi connectivity index (χ0) is 12.3. The Balaban J connectivity index is 2.42. The van der Waals surface area contributed by atoms with Crippen LogP contribution in [0.3, 0.4) is 0 Å². The maximum absolute atomic E-state index is 3.63. The molecule has 0 bridgehead atoms. The summed E-state index contributed by atoms with van der Waals surface area (Å²) in [5.74, 6) is 0. The molecule has 0 aliphatic heterocycles. The molecule has 1 nitrogen and oxygen atoms in total. The van der Waals surface area contributed by atoms with Crippen LogP contribution < -0.4 is 5.32 Å². The Hall–Kier alpha value is -0.160. The van der Waals surface area contributed by atoms with E-state index in [1.54, 1.807) is 11.3 Å². The van der Waals surface area contributed by atoms with Crippen molar-refractivity contribution >= 4 is 43.2 Å². The zero-order valence-electron chi connectivity index (χ0n) is 9.41. The maximum atomic E-state index is 3.63. The molecule has 17 heavy (non-hydrogen) atoms. The van der Waals surface area contributed by atoms with Gasteiger partial charge >= 0.3 is 0 Å². The fourth-order valence-electron chi connectivity index (χ4n) is 1.76. The molecule has 0 radical (unpaired) electrons. The van der Waals surface area contributed by atoms with E-state index in [2.05, 4.69) is 73.7 Å². The summed E-state index contributed by atoms with van der Waals surface area (Å²) in [6.45, 7) is 3.08. The maximum Gasteiger partial charge on any atom is 0.0682 e. The van der Waals surface area contributed by atoms with Crippen LogP contribution in [0, 0.1) is 0 Å². The van der Waals surface area contributed by atoms with Crippen LogP contribution in [0.5, 0.6) is 0 Å². The van der Waals surface area contributed by atoms with Gasteiger partial charge in [-0.1, -0.05) is 44.8 Å². The Morgan fingerprint density at radius 1 is 1.29 bits per heavy atom. The van der Waals surface area contributed by atoms with Crippen LogP contribution in [-0.2, 0) is 0 Å². The summed E-state index contributed by atoms with van der Waals surface area (Å²) in [4.78, 5) is 1.34. The molecule has 0 saturated carbocycles. The fraction of sp³-hybridized carbons (Fsp3) is 0.231. The largest absolute Gasteiger partial charge is 0.306 e. The van der Waals surface area contributed by atoms with Crippen molar-refractivity contribution in [3.8, 4) is 0 Å². The molecule has 1 N–H and O–H groups in total. The van der Waals surface area contributed by atoms with Crippen LogP contribution in [0.2, 0.25) is 0 Å². The van der Waals surface area contributed by atoms with Crippen molar-refractivity contribution in [2.45, 2.75) is 13.0 Å². The van der Waals surface area contributed by atoms with Crippen LogP contribution in [0.25, 0.3) is 0 Å². The van der Waals surface area contributed by atoms with Gasteiger partial charge in [-0.15, -0.1) is 11.3 Å². The summed E-state index contributed by atoms with van der Waals surface area (Å²) in [5, 5.41) is 5.65. The topological polar surface area (TPSA) is 12.0 Å². The molecular weight excluding hydrogens is 362 g/mol. The van der Waals surface area contributed by atoms with E-state index in [-0.39, 0.29) is 6.04 Å². The SMILES string of the molecule is CCNC(c1cccs1)c1cc(Br)ccc1Br. The molecule has 1 heterocycles. The van der Waals surface area contributed by atoms with Gasteiger partial charge in [0.25, 0.3) is 0 Å². The van der Waals surface area contributed by atoms with Crippen molar-refractivity contribution in [3.05, 3.63) is 55.1 Å². The molecule has 0 aliphatic rings. The summed E-state index contributed by atoms with van der Waals surface area (Å²) in [5.41, 5.74) is 1.27. The van der Waals surface area contributed by atoms with Crippen LogP contribution in [0.15, 0.2) is 44.7 Å². The molecule has 1 aromatic heterocycles. The number of nitrogens with one attached hydrogen (secondary N) is 1. The van der Waals surface area contributed by atoms with E-state index in [1.807, 2.05) is 6.07 Å². The monoisotopic (exact) mass is 373 g/mol. The van der Waals surface area contributed by atoms with Crippen LogP contribution in [0.4, 0.5) is 0 Å². The average Bonchev–Trinajstić information content (AvgIpc) is 2.83. The third-order valence-corrected chi connectivity index (χ3v) is 4.66. The number of hydrogen-bond acceptors (Lipinski definition) is 2. The number of hydrogen-bond donors (Lipinski definition) is 1. The number of rotatable bonds is 4. The minimum atomic E-state index is 0.256. The van der Waals surface area contributed by atoms with E-state index in [9.17, 15) is 0 Å². The standard InChI is InChI=1S/C13H13Br2NS/c1-2-16-13(12-4-3-7-17-12)10-8-9(14)5-6-11(10)15/h3-8,13,16H,2H2,1H3. The van der Waals surface area contributed by atoms with E-state index >= 15 is 0 Å². The zero-order valence-corrected chi connectivity index (χ0v) is 13.4. The molecule has 2 aromatic rings.